The third kappa shape index (κ3) is 3.47. The first-order valence-corrected chi connectivity index (χ1v) is 9.12. The van der Waals surface area contributed by atoms with Gasteiger partial charge < -0.3 is 5.32 Å². The van der Waals surface area contributed by atoms with Crippen molar-refractivity contribution >= 4 is 26.6 Å². The highest BCUT2D eigenvalue weighted by atomic mass is 32.2. The molecular weight excluding hydrogens is 341 g/mol. The van der Waals surface area contributed by atoms with Crippen molar-refractivity contribution in [1.82, 2.24) is 9.29 Å². The van der Waals surface area contributed by atoms with Crippen LogP contribution in [0.15, 0.2) is 59.6 Å². The zero-order chi connectivity index (χ0) is 18.0. The normalized spacial score (nSPS) is 11.8. The number of fused-ring (bicyclic) bond motifs is 1. The van der Waals surface area contributed by atoms with E-state index >= 15 is 0 Å². The van der Waals surface area contributed by atoms with Crippen LogP contribution < -0.4 is 5.32 Å². The molecule has 3 rings (SSSR count). The minimum atomic E-state index is -3.55. The monoisotopic (exact) mass is 359 g/mol. The molecule has 7 heteroatoms. The van der Waals surface area contributed by atoms with Crippen molar-refractivity contribution in [3.63, 3.8) is 0 Å². The summed E-state index contributed by atoms with van der Waals surface area (Å²) in [6.07, 6.45) is 1.63. The lowest BCUT2D eigenvalue weighted by Crippen LogP contribution is -2.23. The second-order valence-corrected chi connectivity index (χ2v) is 7.89. The Kier molecular flexibility index (Phi) is 4.69. The van der Waals surface area contributed by atoms with Gasteiger partial charge in [0.1, 0.15) is 11.6 Å². The maximum Gasteiger partial charge on any atom is 0.242 e. The Morgan fingerprint density at radius 2 is 1.88 bits per heavy atom. The van der Waals surface area contributed by atoms with Crippen molar-refractivity contribution in [2.45, 2.75) is 11.4 Å². The average molecular weight is 359 g/mol. The average Bonchev–Trinajstić information content (AvgIpc) is 2.60. The van der Waals surface area contributed by atoms with Gasteiger partial charge in [-0.05, 0) is 35.2 Å². The molecule has 3 aromatic rings. The van der Waals surface area contributed by atoms with E-state index in [0.717, 1.165) is 5.39 Å². The third-order valence-electron chi connectivity index (χ3n) is 3.91. The molecule has 0 aliphatic heterocycles. The highest BCUT2D eigenvalue weighted by molar-refractivity contribution is 7.89. The summed E-state index contributed by atoms with van der Waals surface area (Å²) in [5.41, 5.74) is 0.617. The fourth-order valence-electron chi connectivity index (χ4n) is 2.56. The molecule has 1 N–H and O–H groups in total. The van der Waals surface area contributed by atoms with E-state index in [9.17, 15) is 12.8 Å². The molecule has 0 atom stereocenters. The third-order valence-corrected chi connectivity index (χ3v) is 5.82. The first-order chi connectivity index (χ1) is 11.9. The fraction of sp³-hybridized carbons (Fsp3) is 0.167. The number of pyridine rings is 1. The number of benzene rings is 2. The van der Waals surface area contributed by atoms with E-state index in [1.54, 1.807) is 42.6 Å². The smallest absolute Gasteiger partial charge is 0.242 e. The number of hydrogen-bond donors (Lipinski definition) is 1. The number of anilines is 1. The fourth-order valence-corrected chi connectivity index (χ4v) is 3.67. The van der Waals surface area contributed by atoms with E-state index in [2.05, 4.69) is 10.3 Å². The maximum absolute atomic E-state index is 13.5. The zero-order valence-electron chi connectivity index (χ0n) is 13.9. The molecule has 0 saturated carbocycles. The van der Waals surface area contributed by atoms with Gasteiger partial charge in [-0.15, -0.1) is 0 Å². The molecule has 0 unspecified atom stereocenters. The van der Waals surface area contributed by atoms with Crippen molar-refractivity contribution in [2.75, 3.05) is 19.4 Å². The second kappa shape index (κ2) is 6.78. The molecule has 0 bridgehead atoms. The van der Waals surface area contributed by atoms with Crippen LogP contribution in [0.3, 0.4) is 0 Å². The summed E-state index contributed by atoms with van der Waals surface area (Å²) >= 11 is 0. The number of sulfonamides is 1. The molecule has 25 heavy (non-hydrogen) atoms. The Labute approximate surface area is 146 Å². The van der Waals surface area contributed by atoms with Crippen molar-refractivity contribution in [1.29, 1.82) is 0 Å². The SMILES string of the molecule is CN(C)S(=O)(=O)c1ccccc1CNc1nccc2ccc(F)cc12. The summed E-state index contributed by atoms with van der Waals surface area (Å²) in [4.78, 5) is 4.49. The molecule has 130 valence electrons. The van der Waals surface area contributed by atoms with Crippen LogP contribution in [-0.2, 0) is 16.6 Å². The summed E-state index contributed by atoms with van der Waals surface area (Å²) in [7, 11) is -0.559. The molecule has 0 fully saturated rings. The number of nitrogens with zero attached hydrogens (tertiary/aromatic N) is 2. The second-order valence-electron chi connectivity index (χ2n) is 5.77. The predicted octanol–water partition coefficient (Wildman–Crippen LogP) is 3.24. The van der Waals surface area contributed by atoms with Crippen LogP contribution in [0.25, 0.3) is 10.8 Å². The van der Waals surface area contributed by atoms with Crippen molar-refractivity contribution < 1.29 is 12.8 Å². The van der Waals surface area contributed by atoms with Gasteiger partial charge in [0.05, 0.1) is 4.90 Å². The molecule has 2 aromatic carbocycles. The summed E-state index contributed by atoms with van der Waals surface area (Å²) in [6, 6.07) is 13.1. The van der Waals surface area contributed by atoms with E-state index < -0.39 is 10.0 Å². The number of aromatic nitrogens is 1. The van der Waals surface area contributed by atoms with Gasteiger partial charge in [0.2, 0.25) is 10.0 Å². The number of halogens is 1. The Morgan fingerprint density at radius 1 is 1.12 bits per heavy atom. The van der Waals surface area contributed by atoms with E-state index in [-0.39, 0.29) is 17.3 Å². The minimum absolute atomic E-state index is 0.235. The molecule has 1 heterocycles. The van der Waals surface area contributed by atoms with Crippen LogP contribution in [0, 0.1) is 5.82 Å². The van der Waals surface area contributed by atoms with Crippen LogP contribution in [0.5, 0.6) is 0 Å². The van der Waals surface area contributed by atoms with E-state index in [1.807, 2.05) is 0 Å². The molecule has 1 aromatic heterocycles. The zero-order valence-corrected chi connectivity index (χ0v) is 14.7. The Bertz CT molecular complexity index is 1020. The Hall–Kier alpha value is -2.51. The quantitative estimate of drug-likeness (QED) is 0.760. The van der Waals surface area contributed by atoms with Gasteiger partial charge in [-0.3, -0.25) is 0 Å². The molecule has 5 nitrogen and oxygen atoms in total. The van der Waals surface area contributed by atoms with E-state index in [1.165, 1.54) is 30.5 Å². The molecule has 0 amide bonds. The topological polar surface area (TPSA) is 62.3 Å². The predicted molar refractivity (Wildman–Crippen MR) is 96.3 cm³/mol. The van der Waals surface area contributed by atoms with Crippen LogP contribution >= 0.6 is 0 Å². The Morgan fingerprint density at radius 3 is 2.64 bits per heavy atom. The van der Waals surface area contributed by atoms with Crippen molar-refractivity contribution in [3.05, 3.63) is 66.1 Å². The molecule has 0 spiro atoms. The van der Waals surface area contributed by atoms with Gasteiger partial charge in [0.15, 0.2) is 0 Å². The van der Waals surface area contributed by atoms with Crippen molar-refractivity contribution in [3.8, 4) is 0 Å². The van der Waals surface area contributed by atoms with E-state index in [4.69, 9.17) is 0 Å². The largest absolute Gasteiger partial charge is 0.365 e. The highest BCUT2D eigenvalue weighted by Crippen LogP contribution is 2.24. The van der Waals surface area contributed by atoms with Crippen LogP contribution in [0.1, 0.15) is 5.56 Å². The Balaban J connectivity index is 1.95. The number of rotatable bonds is 5. The lowest BCUT2D eigenvalue weighted by molar-refractivity contribution is 0.520. The highest BCUT2D eigenvalue weighted by Gasteiger charge is 2.20. The number of hydrogen-bond acceptors (Lipinski definition) is 4. The van der Waals surface area contributed by atoms with Gasteiger partial charge in [-0.1, -0.05) is 24.3 Å². The molecular formula is C18H18FN3O2S. The summed E-state index contributed by atoms with van der Waals surface area (Å²) in [6.45, 7) is 0.256. The van der Waals surface area contributed by atoms with Gasteiger partial charge in [-0.2, -0.15) is 0 Å². The lowest BCUT2D eigenvalue weighted by Gasteiger charge is -2.16. The molecule has 0 aliphatic rings. The molecule has 0 saturated heterocycles. The first kappa shape index (κ1) is 17.3. The first-order valence-electron chi connectivity index (χ1n) is 7.68. The van der Waals surface area contributed by atoms with Crippen LogP contribution in [-0.4, -0.2) is 31.8 Å². The van der Waals surface area contributed by atoms with Crippen LogP contribution in [0.2, 0.25) is 0 Å². The standard InChI is InChI=1S/C18H18FN3O2S/c1-22(2)25(23,24)17-6-4-3-5-14(17)12-21-18-16-11-15(19)8-7-13(16)9-10-20-18/h3-11H,12H2,1-2H3,(H,20,21). The molecule has 0 aliphatic carbocycles. The summed E-state index contributed by atoms with van der Waals surface area (Å²) in [5, 5.41) is 4.63. The summed E-state index contributed by atoms with van der Waals surface area (Å²) in [5.74, 6) is 0.160. The van der Waals surface area contributed by atoms with Gasteiger partial charge in [0.25, 0.3) is 0 Å². The van der Waals surface area contributed by atoms with Crippen LogP contribution in [0.4, 0.5) is 10.2 Å². The van der Waals surface area contributed by atoms with E-state index in [0.29, 0.717) is 16.8 Å². The summed E-state index contributed by atoms with van der Waals surface area (Å²) < 4.78 is 39.6. The minimum Gasteiger partial charge on any atom is -0.365 e. The number of nitrogens with one attached hydrogen (secondary N) is 1. The van der Waals surface area contributed by atoms with Gasteiger partial charge >= 0.3 is 0 Å². The lowest BCUT2D eigenvalue weighted by atomic mass is 10.1. The van der Waals surface area contributed by atoms with Gasteiger partial charge in [0, 0.05) is 32.2 Å². The van der Waals surface area contributed by atoms with Crippen molar-refractivity contribution in [2.24, 2.45) is 0 Å². The van der Waals surface area contributed by atoms with Gasteiger partial charge in [-0.25, -0.2) is 22.1 Å². The molecule has 0 radical (unpaired) electrons. The maximum atomic E-state index is 13.5.